The van der Waals surface area contributed by atoms with Gasteiger partial charge in [-0.25, -0.2) is 22.2 Å². The highest BCUT2D eigenvalue weighted by atomic mass is 35.5. The van der Waals surface area contributed by atoms with Crippen molar-refractivity contribution in [1.82, 2.24) is 8.96 Å². The van der Waals surface area contributed by atoms with E-state index in [1.807, 2.05) is 6.92 Å². The molecule has 0 saturated heterocycles. The molecule has 0 aliphatic rings. The van der Waals surface area contributed by atoms with Crippen LogP contribution in [0.2, 0.25) is 5.02 Å². The molecule has 0 saturated carbocycles. The summed E-state index contributed by atoms with van der Waals surface area (Å²) in [6, 6.07) is 11.6. The summed E-state index contributed by atoms with van der Waals surface area (Å²) in [5, 5.41) is 11.4. The number of rotatable bonds is 7. The van der Waals surface area contributed by atoms with Gasteiger partial charge in [0.2, 0.25) is 0 Å². The fraction of sp³-hybridized carbons (Fsp3) is 0.273. The summed E-state index contributed by atoms with van der Waals surface area (Å²) >= 11 is 7.44. The van der Waals surface area contributed by atoms with Crippen LogP contribution in [0.25, 0.3) is 21.1 Å². The van der Waals surface area contributed by atoms with E-state index in [4.69, 9.17) is 16.3 Å². The maximum absolute atomic E-state index is 13.9. The standard InChI is InChI=1S/C22H21ClN2O5S2/c1-4-22(3,21(26)27)30-12-16-11-14-10-15(23)8-9-18(14)25(16)32(28,29)19-7-5-6-17-20(19)31-13(2)24-17/h5-11H,4,12H2,1-3H3,(H,26,27). The number of fused-ring (bicyclic) bond motifs is 2. The van der Waals surface area contributed by atoms with Crippen LogP contribution >= 0.6 is 22.9 Å². The van der Waals surface area contributed by atoms with Crippen LogP contribution in [0.3, 0.4) is 0 Å². The zero-order valence-electron chi connectivity index (χ0n) is 17.6. The highest BCUT2D eigenvalue weighted by Crippen LogP contribution is 2.34. The average Bonchev–Trinajstić information content (AvgIpc) is 3.30. The van der Waals surface area contributed by atoms with Gasteiger partial charge in [0.15, 0.2) is 5.60 Å². The van der Waals surface area contributed by atoms with E-state index in [0.717, 1.165) is 5.01 Å². The molecule has 2 heterocycles. The van der Waals surface area contributed by atoms with E-state index in [0.29, 0.717) is 31.8 Å². The minimum atomic E-state index is -4.06. The normalized spacial score (nSPS) is 14.1. The molecular formula is C22H21ClN2O5S2. The lowest BCUT2D eigenvalue weighted by Crippen LogP contribution is -2.37. The van der Waals surface area contributed by atoms with Gasteiger partial charge in [0.05, 0.1) is 33.0 Å². The van der Waals surface area contributed by atoms with Crippen molar-refractivity contribution in [2.45, 2.75) is 44.3 Å². The smallest absolute Gasteiger partial charge is 0.335 e. The van der Waals surface area contributed by atoms with Crippen molar-refractivity contribution >= 4 is 60.0 Å². The van der Waals surface area contributed by atoms with Crippen molar-refractivity contribution in [1.29, 1.82) is 0 Å². The summed E-state index contributed by atoms with van der Waals surface area (Å²) in [4.78, 5) is 16.2. The summed E-state index contributed by atoms with van der Waals surface area (Å²) < 4.78 is 35.3. The Morgan fingerprint density at radius 2 is 2.03 bits per heavy atom. The fourth-order valence-corrected chi connectivity index (χ4v) is 6.56. The Morgan fingerprint density at radius 3 is 2.72 bits per heavy atom. The second-order valence-electron chi connectivity index (χ2n) is 7.62. The Balaban J connectivity index is 1.92. The van der Waals surface area contributed by atoms with Crippen molar-refractivity contribution in [3.05, 3.63) is 58.2 Å². The molecule has 7 nitrogen and oxygen atoms in total. The first kappa shape index (κ1) is 22.7. The number of carbonyl (C=O) groups is 1. The molecular weight excluding hydrogens is 472 g/mol. The SMILES string of the molecule is CCC(C)(OCc1cc2cc(Cl)ccc2n1S(=O)(=O)c1cccc2nc(C)sc12)C(=O)O. The Hall–Kier alpha value is -2.46. The predicted octanol–water partition coefficient (Wildman–Crippen LogP) is 5.22. The summed E-state index contributed by atoms with van der Waals surface area (Å²) in [7, 11) is -4.06. The van der Waals surface area contributed by atoms with E-state index in [-0.39, 0.29) is 17.9 Å². The van der Waals surface area contributed by atoms with Crippen LogP contribution in [0.5, 0.6) is 0 Å². The molecule has 0 spiro atoms. The Labute approximate surface area is 194 Å². The lowest BCUT2D eigenvalue weighted by atomic mass is 10.0. The maximum Gasteiger partial charge on any atom is 0.335 e. The molecule has 2 aromatic carbocycles. The van der Waals surface area contributed by atoms with Gasteiger partial charge in [-0.1, -0.05) is 24.6 Å². The zero-order valence-corrected chi connectivity index (χ0v) is 20.0. The van der Waals surface area contributed by atoms with Crippen LogP contribution in [0.4, 0.5) is 0 Å². The summed E-state index contributed by atoms with van der Waals surface area (Å²) in [5.41, 5.74) is -0.103. The van der Waals surface area contributed by atoms with Gasteiger partial charge in [0, 0.05) is 10.4 Å². The van der Waals surface area contributed by atoms with Crippen LogP contribution in [-0.4, -0.2) is 34.1 Å². The van der Waals surface area contributed by atoms with Gasteiger partial charge < -0.3 is 9.84 Å². The Morgan fingerprint density at radius 1 is 1.28 bits per heavy atom. The van der Waals surface area contributed by atoms with Gasteiger partial charge in [0.25, 0.3) is 10.0 Å². The topological polar surface area (TPSA) is 98.5 Å². The third kappa shape index (κ3) is 3.79. The third-order valence-electron chi connectivity index (χ3n) is 5.46. The highest BCUT2D eigenvalue weighted by Gasteiger charge is 2.33. The van der Waals surface area contributed by atoms with Crippen LogP contribution < -0.4 is 0 Å². The van der Waals surface area contributed by atoms with E-state index < -0.39 is 21.6 Å². The molecule has 4 aromatic rings. The molecule has 0 bridgehead atoms. The van der Waals surface area contributed by atoms with E-state index in [1.165, 1.54) is 22.2 Å². The summed E-state index contributed by atoms with van der Waals surface area (Å²) in [5.74, 6) is -1.11. The third-order valence-corrected chi connectivity index (χ3v) is 8.65. The number of hydrogen-bond acceptors (Lipinski definition) is 6. The van der Waals surface area contributed by atoms with Crippen LogP contribution in [0, 0.1) is 6.92 Å². The van der Waals surface area contributed by atoms with Crippen molar-refractivity contribution in [2.24, 2.45) is 0 Å². The van der Waals surface area contributed by atoms with E-state index in [9.17, 15) is 18.3 Å². The van der Waals surface area contributed by atoms with Gasteiger partial charge >= 0.3 is 5.97 Å². The number of nitrogens with zero attached hydrogens (tertiary/aromatic N) is 2. The Bertz CT molecular complexity index is 1460. The van der Waals surface area contributed by atoms with Gasteiger partial charge in [-0.15, -0.1) is 11.3 Å². The quantitative estimate of drug-likeness (QED) is 0.379. The second-order valence-corrected chi connectivity index (χ2v) is 11.0. The molecule has 1 N–H and O–H groups in total. The first-order chi connectivity index (χ1) is 15.1. The molecule has 2 aromatic heterocycles. The molecule has 0 radical (unpaired) electrons. The lowest BCUT2D eigenvalue weighted by Gasteiger charge is -2.24. The highest BCUT2D eigenvalue weighted by molar-refractivity contribution is 7.90. The lowest BCUT2D eigenvalue weighted by molar-refractivity contribution is -0.165. The largest absolute Gasteiger partial charge is 0.479 e. The predicted molar refractivity (Wildman–Crippen MR) is 125 cm³/mol. The van der Waals surface area contributed by atoms with Gasteiger partial charge in [-0.05, 0) is 56.7 Å². The molecule has 0 fully saturated rings. The van der Waals surface area contributed by atoms with E-state index in [2.05, 4.69) is 4.98 Å². The van der Waals surface area contributed by atoms with Crippen molar-refractivity contribution in [3.8, 4) is 0 Å². The first-order valence-corrected chi connectivity index (χ1v) is 12.5. The number of halogens is 1. The fourth-order valence-electron chi connectivity index (χ4n) is 3.49. The maximum atomic E-state index is 13.9. The number of aromatic nitrogens is 2. The molecule has 1 unspecified atom stereocenters. The minimum Gasteiger partial charge on any atom is -0.479 e. The summed E-state index contributed by atoms with van der Waals surface area (Å²) in [6.07, 6.45) is 0.223. The number of benzene rings is 2. The van der Waals surface area contributed by atoms with Crippen molar-refractivity contribution in [2.75, 3.05) is 0 Å². The van der Waals surface area contributed by atoms with Crippen LogP contribution in [0.15, 0.2) is 47.4 Å². The monoisotopic (exact) mass is 492 g/mol. The van der Waals surface area contributed by atoms with Crippen LogP contribution in [0.1, 0.15) is 31.0 Å². The molecule has 1 atom stereocenters. The number of hydrogen-bond donors (Lipinski definition) is 1. The number of carboxylic acids is 1. The first-order valence-electron chi connectivity index (χ1n) is 9.86. The van der Waals surface area contributed by atoms with Crippen molar-refractivity contribution in [3.63, 3.8) is 0 Å². The number of thiazole rings is 1. The minimum absolute atomic E-state index is 0.130. The van der Waals surface area contributed by atoms with E-state index >= 15 is 0 Å². The summed E-state index contributed by atoms with van der Waals surface area (Å²) in [6.45, 7) is 4.78. The Kier molecular flexibility index (Phi) is 5.79. The van der Waals surface area contributed by atoms with E-state index in [1.54, 1.807) is 49.4 Å². The van der Waals surface area contributed by atoms with Crippen LogP contribution in [-0.2, 0) is 26.2 Å². The van der Waals surface area contributed by atoms with Gasteiger partial charge in [-0.2, -0.15) is 0 Å². The van der Waals surface area contributed by atoms with Gasteiger partial charge in [0.1, 0.15) is 4.90 Å². The molecule has 168 valence electrons. The van der Waals surface area contributed by atoms with Crippen molar-refractivity contribution < 1.29 is 23.1 Å². The number of carboxylic acid groups (broad SMARTS) is 1. The average molecular weight is 493 g/mol. The molecule has 0 aliphatic carbocycles. The number of aliphatic carboxylic acids is 1. The molecule has 4 rings (SSSR count). The van der Waals surface area contributed by atoms with Gasteiger partial charge in [-0.3, -0.25) is 0 Å². The zero-order chi connectivity index (χ0) is 23.3. The molecule has 0 aliphatic heterocycles. The number of ether oxygens (including phenoxy) is 1. The number of aryl methyl sites for hydroxylation is 1. The molecule has 0 amide bonds. The molecule has 32 heavy (non-hydrogen) atoms. The molecule has 10 heteroatoms. The second kappa shape index (κ2) is 8.15.